The Balaban J connectivity index is 0.000000208. The van der Waals surface area contributed by atoms with E-state index in [0.717, 1.165) is 24.3 Å². The minimum Gasteiger partial charge on any atom is -0.463 e. The number of aromatic nitrogens is 4. The summed E-state index contributed by atoms with van der Waals surface area (Å²) in [6.45, 7) is 2.12. The number of carbonyl (C=O) groups is 2. The summed E-state index contributed by atoms with van der Waals surface area (Å²) in [5, 5.41) is 10.9. The highest BCUT2D eigenvalue weighted by molar-refractivity contribution is 6.35. The van der Waals surface area contributed by atoms with Crippen molar-refractivity contribution in [1.82, 2.24) is 19.6 Å². The van der Waals surface area contributed by atoms with Gasteiger partial charge in [-0.25, -0.2) is 4.79 Å². The van der Waals surface area contributed by atoms with E-state index in [1.54, 1.807) is 37.3 Å². The lowest BCUT2D eigenvalue weighted by Gasteiger charge is -2.09. The van der Waals surface area contributed by atoms with Crippen LogP contribution in [0.5, 0.6) is 0 Å². The van der Waals surface area contributed by atoms with Gasteiger partial charge in [0.1, 0.15) is 5.69 Å². The lowest BCUT2D eigenvalue weighted by Crippen LogP contribution is -2.06. The van der Waals surface area contributed by atoms with Gasteiger partial charge < -0.3 is 4.74 Å². The summed E-state index contributed by atoms with van der Waals surface area (Å²) in [6, 6.07) is 16.2. The number of aldehydes is 1. The Morgan fingerprint density at radius 2 is 1.15 bits per heavy atom. The van der Waals surface area contributed by atoms with Crippen LogP contribution < -0.4 is 0 Å². The van der Waals surface area contributed by atoms with E-state index in [9.17, 15) is 35.9 Å². The summed E-state index contributed by atoms with van der Waals surface area (Å²) in [6.07, 6.45) is -5.88. The second kappa shape index (κ2) is 16.2. The molecule has 7 nitrogen and oxygen atoms in total. The summed E-state index contributed by atoms with van der Waals surface area (Å²) < 4.78 is 85.9. The highest BCUT2D eigenvalue weighted by Gasteiger charge is 2.32. The Hall–Kier alpha value is -4.56. The molecule has 0 spiro atoms. The highest BCUT2D eigenvalue weighted by Crippen LogP contribution is 2.34. The van der Waals surface area contributed by atoms with Crippen LogP contribution in [0.3, 0.4) is 0 Å². The average molecular weight is 816 g/mol. The average Bonchev–Trinajstić information content (AvgIpc) is 3.62. The molecule has 2 heterocycles. The standard InChI is InChI=1S/C20H15Cl2F3N2O2.C16H9Cl2F3N2O/c1-2-29-19(28)8-7-17-15-6-4-13(20(23,24)25)9-18(15)27(26-17)11-12-3-5-14(21)10-16(12)22;17-11-3-1-9(13(18)6-11)7-23-15-5-10(16(19,20)21)2-4-12(15)14(8-24)22-23/h3-10H,2,11H2,1H3;1-6,8H,7H2/b8-7+;. The maximum atomic E-state index is 13.2. The molecule has 0 fully saturated rings. The van der Waals surface area contributed by atoms with Crippen LogP contribution in [0.4, 0.5) is 26.3 Å². The number of alkyl halides is 6. The SMILES string of the molecule is CCOC(=O)/C=C/c1nn(Cc2ccc(Cl)cc2Cl)c2cc(C(F)(F)F)ccc12.O=Cc1nn(Cc2ccc(Cl)cc2Cl)c2cc(C(F)(F)F)ccc12. The Morgan fingerprint density at radius 1 is 0.698 bits per heavy atom. The van der Waals surface area contributed by atoms with Gasteiger partial charge in [0.15, 0.2) is 6.29 Å². The van der Waals surface area contributed by atoms with E-state index in [2.05, 4.69) is 10.2 Å². The fraction of sp³-hybridized carbons (Fsp3) is 0.167. The third-order valence-corrected chi connectivity index (χ3v) is 8.83. The molecule has 4 aromatic carbocycles. The molecular formula is C36H24Cl4F6N4O3. The predicted octanol–water partition coefficient (Wildman–Crippen LogP) is 11.2. The lowest BCUT2D eigenvalue weighted by atomic mass is 10.1. The number of hydrogen-bond donors (Lipinski definition) is 0. The summed E-state index contributed by atoms with van der Waals surface area (Å²) in [7, 11) is 0. The topological polar surface area (TPSA) is 79.0 Å². The summed E-state index contributed by atoms with van der Waals surface area (Å²) in [4.78, 5) is 22.7. The zero-order valence-corrected chi connectivity index (χ0v) is 30.1. The summed E-state index contributed by atoms with van der Waals surface area (Å²) in [5.41, 5.74) is 0.534. The molecule has 6 rings (SSSR count). The first-order valence-corrected chi connectivity index (χ1v) is 16.8. The van der Waals surface area contributed by atoms with Gasteiger partial charge in [0.2, 0.25) is 0 Å². The van der Waals surface area contributed by atoms with Crippen LogP contribution in [0.15, 0.2) is 78.9 Å². The lowest BCUT2D eigenvalue weighted by molar-refractivity contribution is -0.138. The zero-order valence-electron chi connectivity index (χ0n) is 27.1. The fourth-order valence-corrected chi connectivity index (χ4v) is 6.10. The normalized spacial score (nSPS) is 12.0. The summed E-state index contributed by atoms with van der Waals surface area (Å²) in [5.74, 6) is -0.567. The maximum Gasteiger partial charge on any atom is 0.416 e. The third-order valence-electron chi connectivity index (χ3n) is 7.66. The number of esters is 1. The molecule has 0 bridgehead atoms. The number of hydrogen-bond acceptors (Lipinski definition) is 5. The molecule has 0 radical (unpaired) electrons. The van der Waals surface area contributed by atoms with E-state index < -0.39 is 29.4 Å². The molecule has 6 aromatic rings. The van der Waals surface area contributed by atoms with Crippen LogP contribution >= 0.6 is 46.4 Å². The van der Waals surface area contributed by atoms with Gasteiger partial charge in [0.25, 0.3) is 0 Å². The number of ether oxygens (including phenoxy) is 1. The molecule has 0 saturated heterocycles. The number of halogens is 10. The minimum absolute atomic E-state index is 0.0730. The van der Waals surface area contributed by atoms with Crippen molar-refractivity contribution in [2.24, 2.45) is 0 Å². The molecule has 53 heavy (non-hydrogen) atoms. The van der Waals surface area contributed by atoms with Crippen LogP contribution in [0.2, 0.25) is 20.1 Å². The number of carbonyl (C=O) groups excluding carboxylic acids is 2. The van der Waals surface area contributed by atoms with Crippen LogP contribution in [0.25, 0.3) is 27.9 Å². The van der Waals surface area contributed by atoms with Crippen LogP contribution in [0.1, 0.15) is 45.4 Å². The minimum atomic E-state index is -4.50. The van der Waals surface area contributed by atoms with Crippen molar-refractivity contribution < 1.29 is 40.7 Å². The fourth-order valence-electron chi connectivity index (χ4n) is 5.16. The highest BCUT2D eigenvalue weighted by atomic mass is 35.5. The van der Waals surface area contributed by atoms with E-state index in [1.165, 1.54) is 39.7 Å². The van der Waals surface area contributed by atoms with Gasteiger partial charge in [0, 0.05) is 36.9 Å². The second-order valence-corrected chi connectivity index (χ2v) is 12.9. The van der Waals surface area contributed by atoms with E-state index in [4.69, 9.17) is 51.1 Å². The number of rotatable bonds is 8. The van der Waals surface area contributed by atoms with Gasteiger partial charge in [-0.15, -0.1) is 0 Å². The Bertz CT molecular complexity index is 2350. The first kappa shape index (κ1) is 39.6. The molecule has 17 heteroatoms. The molecule has 0 amide bonds. The monoisotopic (exact) mass is 814 g/mol. The smallest absolute Gasteiger partial charge is 0.416 e. The van der Waals surface area contributed by atoms with Gasteiger partial charge in [-0.1, -0.05) is 58.5 Å². The van der Waals surface area contributed by atoms with E-state index in [1.807, 2.05) is 0 Å². The van der Waals surface area contributed by atoms with Gasteiger partial charge >= 0.3 is 18.3 Å². The molecule has 0 aliphatic heterocycles. The molecule has 276 valence electrons. The first-order chi connectivity index (χ1) is 25.0. The Kier molecular flexibility index (Phi) is 12.1. The molecule has 0 unspecified atom stereocenters. The van der Waals surface area contributed by atoms with E-state index >= 15 is 0 Å². The van der Waals surface area contributed by atoms with Gasteiger partial charge in [0.05, 0.1) is 47.6 Å². The Morgan fingerprint density at radius 3 is 1.57 bits per heavy atom. The van der Waals surface area contributed by atoms with Crippen LogP contribution in [0, 0.1) is 0 Å². The number of fused-ring (bicyclic) bond motifs is 2. The van der Waals surface area contributed by atoms with Crippen molar-refractivity contribution in [2.45, 2.75) is 32.4 Å². The zero-order chi connectivity index (χ0) is 38.7. The molecule has 2 aromatic heterocycles. The molecule has 0 saturated carbocycles. The predicted molar refractivity (Wildman–Crippen MR) is 192 cm³/mol. The van der Waals surface area contributed by atoms with E-state index in [0.29, 0.717) is 54.0 Å². The molecule has 0 atom stereocenters. The number of nitrogens with zero attached hydrogens (tertiary/aromatic N) is 4. The van der Waals surface area contributed by atoms with Crippen LogP contribution in [-0.2, 0) is 35.0 Å². The number of benzene rings is 4. The van der Waals surface area contributed by atoms with Crippen molar-refractivity contribution in [3.8, 4) is 0 Å². The van der Waals surface area contributed by atoms with Crippen molar-refractivity contribution >= 4 is 86.5 Å². The van der Waals surface area contributed by atoms with Crippen molar-refractivity contribution in [1.29, 1.82) is 0 Å². The van der Waals surface area contributed by atoms with Crippen molar-refractivity contribution in [3.05, 3.63) is 133 Å². The molecule has 0 aliphatic rings. The third kappa shape index (κ3) is 9.52. The van der Waals surface area contributed by atoms with Crippen LogP contribution in [-0.4, -0.2) is 38.4 Å². The second-order valence-electron chi connectivity index (χ2n) is 11.2. The largest absolute Gasteiger partial charge is 0.463 e. The molecule has 0 aliphatic carbocycles. The van der Waals surface area contributed by atoms with Gasteiger partial charge in [-0.2, -0.15) is 36.5 Å². The molecular weight excluding hydrogens is 792 g/mol. The van der Waals surface area contributed by atoms with Gasteiger partial charge in [-0.05, 0) is 84.8 Å². The quantitative estimate of drug-likeness (QED) is 0.0662. The Labute approximate surface area is 317 Å². The maximum absolute atomic E-state index is 13.2. The first-order valence-electron chi connectivity index (χ1n) is 15.3. The van der Waals surface area contributed by atoms with Crippen molar-refractivity contribution in [2.75, 3.05) is 6.61 Å². The van der Waals surface area contributed by atoms with Crippen molar-refractivity contribution in [3.63, 3.8) is 0 Å². The summed E-state index contributed by atoms with van der Waals surface area (Å²) >= 11 is 24.0. The molecule has 0 N–H and O–H groups in total. The van der Waals surface area contributed by atoms with Gasteiger partial charge in [-0.3, -0.25) is 14.2 Å². The van der Waals surface area contributed by atoms with E-state index in [-0.39, 0.29) is 36.4 Å².